The molecule has 3 fully saturated rings. The fourth-order valence-electron chi connectivity index (χ4n) is 7.15. The third-order valence-electron chi connectivity index (χ3n) is 8.41. The molecule has 4 heterocycles. The lowest BCUT2D eigenvalue weighted by molar-refractivity contribution is -0.136. The predicted molar refractivity (Wildman–Crippen MR) is 130 cm³/mol. The second-order valence-electron chi connectivity index (χ2n) is 10.5. The number of benzene rings is 1. The molecule has 2 bridgehead atoms. The molecule has 1 aliphatic carbocycles. The Hall–Kier alpha value is -2.60. The van der Waals surface area contributed by atoms with Crippen LogP contribution in [0.1, 0.15) is 45.4 Å². The second-order valence-corrected chi connectivity index (χ2v) is 10.5. The lowest BCUT2D eigenvalue weighted by Crippen LogP contribution is -2.60. The van der Waals surface area contributed by atoms with Crippen molar-refractivity contribution >= 4 is 28.4 Å². The first-order chi connectivity index (χ1) is 16.1. The van der Waals surface area contributed by atoms with E-state index in [9.17, 15) is 9.59 Å². The van der Waals surface area contributed by atoms with Gasteiger partial charge in [0.2, 0.25) is 11.8 Å². The van der Waals surface area contributed by atoms with E-state index < -0.39 is 0 Å². The number of hydrogen-bond acceptors (Lipinski definition) is 3. The fraction of sp³-hybridized carbons (Fsp3) is 0.556. The normalized spacial score (nSPS) is 29.2. The predicted octanol–water partition coefficient (Wildman–Crippen LogP) is 4.02. The molecule has 4 atom stereocenters. The van der Waals surface area contributed by atoms with Crippen LogP contribution in [0.25, 0.3) is 10.9 Å². The number of piperidine rings is 3. The number of fused-ring (bicyclic) bond motifs is 7. The van der Waals surface area contributed by atoms with Crippen molar-refractivity contribution in [2.24, 2.45) is 11.8 Å². The maximum absolute atomic E-state index is 13.7. The summed E-state index contributed by atoms with van der Waals surface area (Å²) in [6, 6.07) is 8.89. The number of rotatable bonds is 3. The van der Waals surface area contributed by atoms with Crippen molar-refractivity contribution in [1.29, 1.82) is 0 Å². The van der Waals surface area contributed by atoms with Crippen LogP contribution in [0, 0.1) is 11.8 Å². The number of hydrogen-bond donors (Lipinski definition) is 1. The van der Waals surface area contributed by atoms with Gasteiger partial charge in [-0.15, -0.1) is 0 Å². The third kappa shape index (κ3) is 3.68. The quantitative estimate of drug-likeness (QED) is 0.725. The molecule has 4 aliphatic rings. The summed E-state index contributed by atoms with van der Waals surface area (Å²) in [5.74, 6) is 1.39. The maximum atomic E-state index is 13.7. The summed E-state index contributed by atoms with van der Waals surface area (Å²) >= 11 is 0. The zero-order chi connectivity index (χ0) is 22.5. The molecule has 3 aliphatic heterocycles. The topological polar surface area (TPSA) is 57.6 Å². The molecule has 4 unspecified atom stereocenters. The van der Waals surface area contributed by atoms with Crippen LogP contribution in [0.4, 0.5) is 5.69 Å². The summed E-state index contributed by atoms with van der Waals surface area (Å²) in [7, 11) is 0. The monoisotopic (exact) mass is 446 g/mol. The molecular weight excluding hydrogens is 412 g/mol. The van der Waals surface area contributed by atoms with Gasteiger partial charge < -0.3 is 14.8 Å². The van der Waals surface area contributed by atoms with E-state index in [1.807, 2.05) is 35.0 Å². The number of anilines is 1. The minimum atomic E-state index is -0.0852. The van der Waals surface area contributed by atoms with Gasteiger partial charge in [0, 0.05) is 37.6 Å². The summed E-state index contributed by atoms with van der Waals surface area (Å²) < 4.78 is 2.04. The summed E-state index contributed by atoms with van der Waals surface area (Å²) in [6.45, 7) is 5.11. The molecule has 1 aromatic carbocycles. The van der Waals surface area contributed by atoms with Gasteiger partial charge in [0.25, 0.3) is 0 Å². The first-order valence-electron chi connectivity index (χ1n) is 12.7. The van der Waals surface area contributed by atoms with Gasteiger partial charge in [0.1, 0.15) is 6.54 Å². The SMILES string of the molecule is CC(=O)Nc1cccc2c1ccn2CC(=O)N1CCCC2=CC3CC(CN4CCCCC34)C21. The molecule has 3 saturated heterocycles. The Kier molecular flexibility index (Phi) is 5.28. The molecule has 6 heteroatoms. The van der Waals surface area contributed by atoms with Gasteiger partial charge in [0.15, 0.2) is 0 Å². The summed E-state index contributed by atoms with van der Waals surface area (Å²) in [4.78, 5) is 30.2. The van der Waals surface area contributed by atoms with Crippen LogP contribution in [-0.2, 0) is 16.1 Å². The van der Waals surface area contributed by atoms with Crippen LogP contribution < -0.4 is 5.32 Å². The van der Waals surface area contributed by atoms with Gasteiger partial charge in [-0.2, -0.15) is 0 Å². The largest absolute Gasteiger partial charge is 0.338 e. The first kappa shape index (κ1) is 21.0. The Morgan fingerprint density at radius 3 is 2.91 bits per heavy atom. The molecule has 6 nitrogen and oxygen atoms in total. The second kappa shape index (κ2) is 8.32. The van der Waals surface area contributed by atoms with Gasteiger partial charge in [-0.1, -0.05) is 24.1 Å². The molecule has 2 amide bonds. The number of aromatic nitrogens is 1. The first-order valence-corrected chi connectivity index (χ1v) is 12.7. The van der Waals surface area contributed by atoms with Crippen LogP contribution in [0.5, 0.6) is 0 Å². The molecule has 6 rings (SSSR count). The minimum Gasteiger partial charge on any atom is -0.338 e. The van der Waals surface area contributed by atoms with E-state index in [4.69, 9.17) is 0 Å². The lowest BCUT2D eigenvalue weighted by Gasteiger charge is -2.54. The molecule has 1 N–H and O–H groups in total. The molecule has 1 aromatic heterocycles. The fourth-order valence-corrected chi connectivity index (χ4v) is 7.15. The molecule has 0 saturated carbocycles. The van der Waals surface area contributed by atoms with E-state index in [0.29, 0.717) is 18.4 Å². The summed E-state index contributed by atoms with van der Waals surface area (Å²) in [5, 5.41) is 3.88. The van der Waals surface area contributed by atoms with Crippen LogP contribution in [0.15, 0.2) is 42.1 Å². The van der Waals surface area contributed by atoms with Crippen molar-refractivity contribution in [3.63, 3.8) is 0 Å². The highest BCUT2D eigenvalue weighted by atomic mass is 16.2. The summed E-state index contributed by atoms with van der Waals surface area (Å²) in [5.41, 5.74) is 3.32. The standard InChI is InChI=1S/C27H34N4O2/c1-18(32)28-23-7-4-9-25-22(23)10-13-30(25)17-26(33)31-12-5-6-19-14-20-15-21(27(19)31)16-29-11-3-2-8-24(20)29/h4,7,9-10,13-14,20-21,24,27H,2-3,5-6,8,11-12,15-17H2,1H3,(H,28,32). The third-order valence-corrected chi connectivity index (χ3v) is 8.41. The van der Waals surface area contributed by atoms with E-state index in [1.54, 1.807) is 0 Å². The van der Waals surface area contributed by atoms with Gasteiger partial charge in [0.05, 0.1) is 17.2 Å². The van der Waals surface area contributed by atoms with Crippen molar-refractivity contribution in [1.82, 2.24) is 14.4 Å². The minimum absolute atomic E-state index is 0.0852. The smallest absolute Gasteiger partial charge is 0.243 e. The van der Waals surface area contributed by atoms with E-state index in [-0.39, 0.29) is 17.9 Å². The number of nitrogens with one attached hydrogen (secondary N) is 1. The van der Waals surface area contributed by atoms with Crippen molar-refractivity contribution in [2.45, 2.75) is 64.1 Å². The lowest BCUT2D eigenvalue weighted by atomic mass is 9.68. The van der Waals surface area contributed by atoms with E-state index >= 15 is 0 Å². The molecule has 0 radical (unpaired) electrons. The van der Waals surface area contributed by atoms with Gasteiger partial charge >= 0.3 is 0 Å². The van der Waals surface area contributed by atoms with E-state index in [0.717, 1.165) is 48.6 Å². The van der Waals surface area contributed by atoms with Crippen molar-refractivity contribution in [2.75, 3.05) is 25.0 Å². The molecule has 33 heavy (non-hydrogen) atoms. The Morgan fingerprint density at radius 1 is 1.12 bits per heavy atom. The zero-order valence-corrected chi connectivity index (χ0v) is 19.5. The number of carbonyl (C=O) groups excluding carboxylic acids is 2. The van der Waals surface area contributed by atoms with Crippen LogP contribution >= 0.6 is 0 Å². The highest BCUT2D eigenvalue weighted by Gasteiger charge is 2.46. The Labute approximate surface area is 195 Å². The Bertz CT molecular complexity index is 1120. The highest BCUT2D eigenvalue weighted by Crippen LogP contribution is 2.45. The molecule has 2 aromatic rings. The number of likely N-dealkylation sites (tertiary alicyclic amines) is 1. The zero-order valence-electron chi connectivity index (χ0n) is 19.5. The Balaban J connectivity index is 1.25. The number of nitrogens with zero attached hydrogens (tertiary/aromatic N) is 3. The van der Waals surface area contributed by atoms with E-state index in [1.165, 1.54) is 44.7 Å². The Morgan fingerprint density at radius 2 is 2.03 bits per heavy atom. The molecule has 174 valence electrons. The van der Waals surface area contributed by atoms with Crippen LogP contribution in [0.3, 0.4) is 0 Å². The van der Waals surface area contributed by atoms with Crippen molar-refractivity contribution in [3.05, 3.63) is 42.1 Å². The highest BCUT2D eigenvalue weighted by molar-refractivity contribution is 6.01. The molecule has 0 spiro atoms. The summed E-state index contributed by atoms with van der Waals surface area (Å²) in [6.07, 6.45) is 12.1. The van der Waals surface area contributed by atoms with Gasteiger partial charge in [-0.25, -0.2) is 0 Å². The van der Waals surface area contributed by atoms with E-state index in [2.05, 4.69) is 21.2 Å². The van der Waals surface area contributed by atoms with Gasteiger partial charge in [-0.05, 0) is 68.7 Å². The maximum Gasteiger partial charge on any atom is 0.243 e. The molecular formula is C27H34N4O2. The van der Waals surface area contributed by atoms with Gasteiger partial charge in [-0.3, -0.25) is 14.5 Å². The van der Waals surface area contributed by atoms with Crippen molar-refractivity contribution < 1.29 is 9.59 Å². The average Bonchev–Trinajstić information content (AvgIpc) is 3.22. The number of amides is 2. The number of carbonyl (C=O) groups is 2. The van der Waals surface area contributed by atoms with Crippen LogP contribution in [0.2, 0.25) is 0 Å². The average molecular weight is 447 g/mol. The van der Waals surface area contributed by atoms with Crippen LogP contribution in [-0.4, -0.2) is 57.9 Å². The van der Waals surface area contributed by atoms with Crippen molar-refractivity contribution in [3.8, 4) is 0 Å².